The first-order valence-corrected chi connectivity index (χ1v) is 7.41. The largest absolute Gasteiger partial charge is 0.340 e. The molecule has 0 fully saturated rings. The maximum absolute atomic E-state index is 12.3. The van der Waals surface area contributed by atoms with E-state index in [9.17, 15) is 4.79 Å². The van der Waals surface area contributed by atoms with Crippen molar-refractivity contribution in [2.45, 2.75) is 39.7 Å². The van der Waals surface area contributed by atoms with Crippen LogP contribution in [0.2, 0.25) is 0 Å². The molecule has 0 aliphatic carbocycles. The van der Waals surface area contributed by atoms with Crippen LogP contribution in [0.5, 0.6) is 0 Å². The van der Waals surface area contributed by atoms with E-state index < -0.39 is 0 Å². The van der Waals surface area contributed by atoms with Crippen molar-refractivity contribution in [3.8, 4) is 0 Å². The molecule has 1 amide bonds. The highest BCUT2D eigenvalue weighted by molar-refractivity contribution is 9.10. The Labute approximate surface area is 126 Å². The van der Waals surface area contributed by atoms with Gasteiger partial charge in [-0.15, -0.1) is 0 Å². The minimum Gasteiger partial charge on any atom is -0.340 e. The summed E-state index contributed by atoms with van der Waals surface area (Å²) in [7, 11) is 0. The number of halogens is 1. The molecule has 0 unspecified atom stereocenters. The first-order chi connectivity index (χ1) is 9.38. The lowest BCUT2D eigenvalue weighted by Gasteiger charge is -2.11. The minimum atomic E-state index is -0.161. The Kier molecular flexibility index (Phi) is 4.32. The second-order valence-corrected chi connectivity index (χ2v) is 6.28. The number of hydrogen-bond donors (Lipinski definition) is 2. The van der Waals surface area contributed by atoms with E-state index >= 15 is 0 Å². The maximum Gasteiger partial charge on any atom is 0.273 e. The van der Waals surface area contributed by atoms with Gasteiger partial charge >= 0.3 is 0 Å². The normalized spacial score (nSPS) is 11.3. The first-order valence-electron chi connectivity index (χ1n) is 6.62. The van der Waals surface area contributed by atoms with Crippen LogP contribution in [0.15, 0.2) is 22.8 Å². The highest BCUT2D eigenvalue weighted by Gasteiger charge is 2.16. The number of aromatic amines is 1. The Morgan fingerprint density at radius 3 is 2.60 bits per heavy atom. The molecule has 20 heavy (non-hydrogen) atoms. The van der Waals surface area contributed by atoms with Gasteiger partial charge in [0.05, 0.1) is 0 Å². The highest BCUT2D eigenvalue weighted by atomic mass is 79.9. The number of rotatable bonds is 4. The van der Waals surface area contributed by atoms with E-state index in [2.05, 4.69) is 45.3 Å². The summed E-state index contributed by atoms with van der Waals surface area (Å²) < 4.78 is 2.82. The molecule has 2 aromatic rings. The van der Waals surface area contributed by atoms with Crippen LogP contribution in [-0.2, 0) is 0 Å². The Hall–Kier alpha value is -1.56. The first kappa shape index (κ1) is 14.8. The van der Waals surface area contributed by atoms with Gasteiger partial charge in [-0.1, -0.05) is 13.8 Å². The third kappa shape index (κ3) is 3.12. The predicted molar refractivity (Wildman–Crippen MR) is 83.1 cm³/mol. The van der Waals surface area contributed by atoms with Crippen LogP contribution >= 0.6 is 15.9 Å². The highest BCUT2D eigenvalue weighted by Crippen LogP contribution is 2.21. The fourth-order valence-corrected chi connectivity index (χ4v) is 2.37. The Bertz CT molecular complexity index is 612. The fraction of sp³-hybridized carbons (Fsp3) is 0.429. The van der Waals surface area contributed by atoms with Crippen LogP contribution in [0.4, 0.5) is 5.82 Å². The van der Waals surface area contributed by atoms with E-state index in [1.54, 1.807) is 0 Å². The summed E-state index contributed by atoms with van der Waals surface area (Å²) in [5, 5.41) is 9.85. The van der Waals surface area contributed by atoms with Crippen LogP contribution in [-0.4, -0.2) is 20.7 Å². The van der Waals surface area contributed by atoms with Crippen molar-refractivity contribution in [1.29, 1.82) is 0 Å². The van der Waals surface area contributed by atoms with Crippen LogP contribution in [0.25, 0.3) is 0 Å². The number of anilines is 1. The van der Waals surface area contributed by atoms with Crippen molar-refractivity contribution in [3.05, 3.63) is 34.2 Å². The molecule has 0 spiro atoms. The van der Waals surface area contributed by atoms with E-state index in [1.807, 2.05) is 36.7 Å². The Morgan fingerprint density at radius 2 is 2.05 bits per heavy atom. The van der Waals surface area contributed by atoms with Gasteiger partial charge in [0, 0.05) is 28.5 Å². The molecular weight excluding hydrogens is 320 g/mol. The molecule has 0 atom stereocenters. The Balaban J connectivity index is 2.19. The average Bonchev–Trinajstić information content (AvgIpc) is 2.95. The lowest BCUT2D eigenvalue weighted by atomic mass is 10.1. The van der Waals surface area contributed by atoms with Gasteiger partial charge in [-0.25, -0.2) is 0 Å². The molecule has 5 nitrogen and oxygen atoms in total. The number of nitrogens with zero attached hydrogens (tertiary/aromatic N) is 2. The number of carbonyl (C=O) groups excluding carboxylic acids is 1. The van der Waals surface area contributed by atoms with Gasteiger partial charge in [0.1, 0.15) is 5.69 Å². The molecule has 2 N–H and O–H groups in total. The number of amides is 1. The zero-order valence-electron chi connectivity index (χ0n) is 12.1. The van der Waals surface area contributed by atoms with Gasteiger partial charge in [-0.3, -0.25) is 9.89 Å². The number of H-pyrrole nitrogens is 1. The summed E-state index contributed by atoms with van der Waals surface area (Å²) >= 11 is 3.41. The third-order valence-corrected chi connectivity index (χ3v) is 3.50. The SMILES string of the molecule is CC(C)c1cc(NC(=O)c2cc(Br)cn2C(C)C)n[nH]1. The van der Waals surface area contributed by atoms with Crippen molar-refractivity contribution in [3.63, 3.8) is 0 Å². The summed E-state index contributed by atoms with van der Waals surface area (Å²) in [6.45, 7) is 8.21. The molecule has 2 aromatic heterocycles. The summed E-state index contributed by atoms with van der Waals surface area (Å²) in [4.78, 5) is 12.3. The van der Waals surface area contributed by atoms with Crippen LogP contribution < -0.4 is 5.32 Å². The molecule has 0 aromatic carbocycles. The zero-order chi connectivity index (χ0) is 14.9. The molecule has 108 valence electrons. The van der Waals surface area contributed by atoms with E-state index in [0.717, 1.165) is 10.2 Å². The van der Waals surface area contributed by atoms with E-state index in [4.69, 9.17) is 0 Å². The van der Waals surface area contributed by atoms with Gasteiger partial charge < -0.3 is 9.88 Å². The lowest BCUT2D eigenvalue weighted by Crippen LogP contribution is -2.17. The van der Waals surface area contributed by atoms with Gasteiger partial charge in [-0.2, -0.15) is 5.10 Å². The van der Waals surface area contributed by atoms with Gasteiger partial charge in [0.25, 0.3) is 5.91 Å². The second-order valence-electron chi connectivity index (χ2n) is 5.36. The Morgan fingerprint density at radius 1 is 1.35 bits per heavy atom. The van der Waals surface area contributed by atoms with Crippen molar-refractivity contribution >= 4 is 27.7 Å². The molecular formula is C14H19BrN4O. The molecule has 0 aliphatic rings. The van der Waals surface area contributed by atoms with E-state index in [0.29, 0.717) is 17.4 Å². The summed E-state index contributed by atoms with van der Waals surface area (Å²) in [6, 6.07) is 3.89. The number of aromatic nitrogens is 3. The van der Waals surface area contributed by atoms with Crippen LogP contribution in [0, 0.1) is 0 Å². The van der Waals surface area contributed by atoms with Crippen molar-refractivity contribution in [2.24, 2.45) is 0 Å². The molecule has 2 heterocycles. The minimum absolute atomic E-state index is 0.161. The third-order valence-electron chi connectivity index (χ3n) is 3.07. The molecule has 0 saturated heterocycles. The van der Waals surface area contributed by atoms with Crippen LogP contribution in [0.3, 0.4) is 0 Å². The predicted octanol–water partition coefficient (Wildman–Crippen LogP) is 3.93. The molecule has 0 bridgehead atoms. The summed E-state index contributed by atoms with van der Waals surface area (Å²) in [6.07, 6.45) is 1.91. The summed E-state index contributed by atoms with van der Waals surface area (Å²) in [5.41, 5.74) is 1.61. The fourth-order valence-electron chi connectivity index (χ4n) is 1.93. The molecule has 6 heteroatoms. The molecule has 2 rings (SSSR count). The van der Waals surface area contributed by atoms with Crippen molar-refractivity contribution < 1.29 is 4.79 Å². The van der Waals surface area contributed by atoms with Gasteiger partial charge in [0.15, 0.2) is 5.82 Å². The van der Waals surface area contributed by atoms with Crippen LogP contribution in [0.1, 0.15) is 55.8 Å². The molecule has 0 saturated carbocycles. The topological polar surface area (TPSA) is 62.7 Å². The monoisotopic (exact) mass is 338 g/mol. The maximum atomic E-state index is 12.3. The second kappa shape index (κ2) is 5.83. The number of nitrogens with one attached hydrogen (secondary N) is 2. The quantitative estimate of drug-likeness (QED) is 0.886. The van der Waals surface area contributed by atoms with Crippen molar-refractivity contribution in [1.82, 2.24) is 14.8 Å². The van der Waals surface area contributed by atoms with E-state index in [1.165, 1.54) is 0 Å². The van der Waals surface area contributed by atoms with Gasteiger partial charge in [0.2, 0.25) is 0 Å². The standard InChI is InChI=1S/C14H19BrN4O/c1-8(2)11-6-13(18-17-11)16-14(20)12-5-10(15)7-19(12)9(3)4/h5-9H,1-4H3,(H2,16,17,18,20). The average molecular weight is 339 g/mol. The molecule has 0 radical (unpaired) electrons. The smallest absolute Gasteiger partial charge is 0.273 e. The lowest BCUT2D eigenvalue weighted by molar-refractivity contribution is 0.101. The van der Waals surface area contributed by atoms with Gasteiger partial charge in [-0.05, 0) is 41.8 Å². The molecule has 0 aliphatic heterocycles. The van der Waals surface area contributed by atoms with E-state index in [-0.39, 0.29) is 11.9 Å². The zero-order valence-corrected chi connectivity index (χ0v) is 13.7. The number of hydrogen-bond acceptors (Lipinski definition) is 2. The van der Waals surface area contributed by atoms with Crippen molar-refractivity contribution in [2.75, 3.05) is 5.32 Å². The number of carbonyl (C=O) groups is 1. The summed E-state index contributed by atoms with van der Waals surface area (Å²) in [5.74, 6) is 0.736.